The molecule has 0 aromatic heterocycles. The number of carbonyl (C=O) groups is 3. The number of nitriles is 1. The van der Waals surface area contributed by atoms with E-state index in [-0.39, 0.29) is 18.9 Å². The molecule has 0 bridgehead atoms. The molecule has 4 rings (SSSR count). The van der Waals surface area contributed by atoms with Gasteiger partial charge in [0.25, 0.3) is 11.8 Å². The minimum atomic E-state index is -0.975. The molecule has 1 fully saturated rings. The second-order valence-corrected chi connectivity index (χ2v) is 8.25. The number of halogens is 1. The highest BCUT2D eigenvalue weighted by Crippen LogP contribution is 2.29. The average Bonchev–Trinajstić information content (AvgIpc) is 3.11. The second-order valence-electron chi connectivity index (χ2n) is 7.84. The van der Waals surface area contributed by atoms with Crippen molar-refractivity contribution >= 4 is 35.0 Å². The minimum Gasteiger partial charge on any atom is -0.322 e. The lowest BCUT2D eigenvalue weighted by Gasteiger charge is -2.28. The minimum absolute atomic E-state index is 0.0807. The van der Waals surface area contributed by atoms with Gasteiger partial charge in [-0.05, 0) is 55.0 Å². The van der Waals surface area contributed by atoms with Crippen LogP contribution in [-0.4, -0.2) is 28.7 Å². The summed E-state index contributed by atoms with van der Waals surface area (Å²) in [5.41, 5.74) is 2.81. The van der Waals surface area contributed by atoms with Crippen LogP contribution >= 0.6 is 11.6 Å². The van der Waals surface area contributed by atoms with Crippen molar-refractivity contribution in [2.75, 3.05) is 4.90 Å². The number of rotatable bonds is 5. The number of amides is 3. The van der Waals surface area contributed by atoms with Gasteiger partial charge in [0.1, 0.15) is 6.04 Å². The van der Waals surface area contributed by atoms with Gasteiger partial charge in [-0.25, -0.2) is 4.90 Å². The van der Waals surface area contributed by atoms with E-state index < -0.39 is 17.9 Å². The van der Waals surface area contributed by atoms with Crippen molar-refractivity contribution < 1.29 is 14.4 Å². The molecule has 0 N–H and O–H groups in total. The molecule has 1 heterocycles. The molecule has 1 unspecified atom stereocenters. The molecule has 0 aliphatic carbocycles. The fourth-order valence-corrected chi connectivity index (χ4v) is 4.09. The van der Waals surface area contributed by atoms with Crippen LogP contribution < -0.4 is 4.90 Å². The number of benzene rings is 3. The summed E-state index contributed by atoms with van der Waals surface area (Å²) in [6.45, 7) is 1.96. The van der Waals surface area contributed by atoms with E-state index in [4.69, 9.17) is 16.9 Å². The number of hydrogen-bond acceptors (Lipinski definition) is 4. The van der Waals surface area contributed by atoms with E-state index in [0.29, 0.717) is 27.4 Å². The number of aryl methyl sites for hydroxylation is 1. The Hall–Kier alpha value is -3.95. The summed E-state index contributed by atoms with van der Waals surface area (Å²) in [6.07, 6.45) is -0.138. The third-order valence-electron chi connectivity index (χ3n) is 5.58. The summed E-state index contributed by atoms with van der Waals surface area (Å²) in [5, 5.41) is 9.48. The molecule has 164 valence electrons. The Labute approximate surface area is 196 Å². The summed E-state index contributed by atoms with van der Waals surface area (Å²) < 4.78 is 0. The molecule has 7 heteroatoms. The number of carbonyl (C=O) groups excluding carboxylic acids is 3. The van der Waals surface area contributed by atoms with Gasteiger partial charge in [-0.2, -0.15) is 5.26 Å². The predicted octanol–water partition coefficient (Wildman–Crippen LogP) is 4.49. The first-order chi connectivity index (χ1) is 15.9. The lowest BCUT2D eigenvalue weighted by molar-refractivity contribution is -0.122. The third kappa shape index (κ3) is 4.50. The Balaban J connectivity index is 1.71. The number of imide groups is 1. The summed E-state index contributed by atoms with van der Waals surface area (Å²) in [7, 11) is 0. The Morgan fingerprint density at radius 2 is 1.82 bits per heavy atom. The van der Waals surface area contributed by atoms with Crippen LogP contribution in [0.25, 0.3) is 0 Å². The van der Waals surface area contributed by atoms with Gasteiger partial charge in [-0.1, -0.05) is 47.5 Å². The number of hydrogen-bond donors (Lipinski definition) is 0. The lowest BCUT2D eigenvalue weighted by Crippen LogP contribution is -2.45. The van der Waals surface area contributed by atoms with E-state index in [1.165, 1.54) is 4.90 Å². The summed E-state index contributed by atoms with van der Waals surface area (Å²) >= 11 is 6.34. The van der Waals surface area contributed by atoms with E-state index in [1.54, 1.807) is 66.7 Å². The zero-order chi connectivity index (χ0) is 23.5. The van der Waals surface area contributed by atoms with Gasteiger partial charge in [0.05, 0.1) is 23.7 Å². The molecule has 3 aromatic carbocycles. The zero-order valence-corrected chi connectivity index (χ0v) is 18.6. The Morgan fingerprint density at radius 1 is 1.09 bits per heavy atom. The van der Waals surface area contributed by atoms with Crippen LogP contribution in [-0.2, 0) is 16.1 Å². The number of nitrogens with zero attached hydrogens (tertiary/aromatic N) is 3. The molecule has 0 spiro atoms. The van der Waals surface area contributed by atoms with Crippen LogP contribution in [0.3, 0.4) is 0 Å². The van der Waals surface area contributed by atoms with Crippen LogP contribution in [0.5, 0.6) is 0 Å². The molecule has 3 amide bonds. The Morgan fingerprint density at radius 3 is 2.48 bits per heavy atom. The van der Waals surface area contributed by atoms with Gasteiger partial charge in [0, 0.05) is 17.1 Å². The molecule has 0 radical (unpaired) electrons. The summed E-state index contributed by atoms with van der Waals surface area (Å²) in [6, 6.07) is 21.4. The first-order valence-electron chi connectivity index (χ1n) is 10.4. The molecular weight excluding hydrogens is 438 g/mol. The van der Waals surface area contributed by atoms with Crippen LogP contribution in [0, 0.1) is 18.3 Å². The molecule has 3 aromatic rings. The fraction of sp³-hybridized carbons (Fsp3) is 0.154. The van der Waals surface area contributed by atoms with E-state index in [2.05, 4.69) is 0 Å². The maximum absolute atomic E-state index is 13.5. The molecule has 6 nitrogen and oxygen atoms in total. The quantitative estimate of drug-likeness (QED) is 0.528. The monoisotopic (exact) mass is 457 g/mol. The van der Waals surface area contributed by atoms with E-state index in [1.807, 2.05) is 19.1 Å². The van der Waals surface area contributed by atoms with E-state index in [9.17, 15) is 14.4 Å². The Kier molecular flexibility index (Phi) is 6.25. The van der Waals surface area contributed by atoms with E-state index >= 15 is 0 Å². The van der Waals surface area contributed by atoms with Crippen molar-refractivity contribution in [2.45, 2.75) is 25.9 Å². The maximum atomic E-state index is 13.5. The van der Waals surface area contributed by atoms with Crippen LogP contribution in [0.2, 0.25) is 5.02 Å². The first kappa shape index (κ1) is 22.3. The van der Waals surface area contributed by atoms with Gasteiger partial charge >= 0.3 is 0 Å². The van der Waals surface area contributed by atoms with Crippen LogP contribution in [0.1, 0.15) is 33.5 Å². The lowest BCUT2D eigenvalue weighted by atomic mass is 10.1. The third-order valence-corrected chi connectivity index (χ3v) is 5.95. The first-order valence-corrected chi connectivity index (χ1v) is 10.7. The SMILES string of the molecule is Cc1cccc(C(=O)N(Cc2ccccc2Cl)C2CC(=O)N(c3ccc(C#N)cc3)C2=O)c1. The van der Waals surface area contributed by atoms with E-state index in [0.717, 1.165) is 10.5 Å². The zero-order valence-electron chi connectivity index (χ0n) is 17.9. The Bertz CT molecular complexity index is 1280. The molecule has 1 atom stereocenters. The van der Waals surface area contributed by atoms with Crippen LogP contribution in [0.4, 0.5) is 5.69 Å². The predicted molar refractivity (Wildman–Crippen MR) is 125 cm³/mol. The molecular formula is C26H20ClN3O3. The molecule has 1 aliphatic heterocycles. The summed E-state index contributed by atoms with van der Waals surface area (Å²) in [5.74, 6) is -1.25. The molecule has 1 saturated heterocycles. The van der Waals surface area contributed by atoms with Crippen molar-refractivity contribution in [3.05, 3.63) is 100 Å². The smallest absolute Gasteiger partial charge is 0.257 e. The normalized spacial score (nSPS) is 15.4. The summed E-state index contributed by atoms with van der Waals surface area (Å²) in [4.78, 5) is 42.3. The topological polar surface area (TPSA) is 81.5 Å². The highest BCUT2D eigenvalue weighted by atomic mass is 35.5. The van der Waals surface area contributed by atoms with Crippen LogP contribution in [0.15, 0.2) is 72.8 Å². The highest BCUT2D eigenvalue weighted by molar-refractivity contribution is 6.31. The van der Waals surface area contributed by atoms with Crippen molar-refractivity contribution in [3.63, 3.8) is 0 Å². The van der Waals surface area contributed by atoms with Crippen molar-refractivity contribution in [1.29, 1.82) is 5.26 Å². The molecule has 33 heavy (non-hydrogen) atoms. The molecule has 1 aliphatic rings. The largest absolute Gasteiger partial charge is 0.322 e. The standard InChI is InChI=1S/C26H20ClN3O3/c1-17-5-4-7-19(13-17)25(32)29(16-20-6-2-3-8-22(20)27)23-14-24(31)30(26(23)33)21-11-9-18(15-28)10-12-21/h2-13,23H,14,16H2,1H3. The van der Waals surface area contributed by atoms with Gasteiger partial charge in [-0.3, -0.25) is 14.4 Å². The van der Waals surface area contributed by atoms with Gasteiger partial charge in [0.15, 0.2) is 0 Å². The van der Waals surface area contributed by atoms with Gasteiger partial charge in [0.2, 0.25) is 5.91 Å². The molecule has 0 saturated carbocycles. The van der Waals surface area contributed by atoms with Gasteiger partial charge in [-0.15, -0.1) is 0 Å². The van der Waals surface area contributed by atoms with Crippen molar-refractivity contribution in [3.8, 4) is 6.07 Å². The average molecular weight is 458 g/mol. The van der Waals surface area contributed by atoms with Gasteiger partial charge < -0.3 is 4.90 Å². The number of anilines is 1. The van der Waals surface area contributed by atoms with Crippen molar-refractivity contribution in [1.82, 2.24) is 4.90 Å². The fourth-order valence-electron chi connectivity index (χ4n) is 3.89. The second kappa shape index (κ2) is 9.27. The van der Waals surface area contributed by atoms with Crippen molar-refractivity contribution in [2.24, 2.45) is 0 Å². The highest BCUT2D eigenvalue weighted by Gasteiger charge is 2.44. The maximum Gasteiger partial charge on any atom is 0.257 e.